The highest BCUT2D eigenvalue weighted by Gasteiger charge is 2.35. The van der Waals surface area contributed by atoms with Gasteiger partial charge in [-0.25, -0.2) is 4.79 Å². The van der Waals surface area contributed by atoms with Gasteiger partial charge in [-0.15, -0.1) is 11.8 Å². The molecular weight excluding hydrogens is 329 g/mol. The maximum atomic E-state index is 12.2. The van der Waals surface area contributed by atoms with E-state index in [9.17, 15) is 10.1 Å². The summed E-state index contributed by atoms with van der Waals surface area (Å²) in [5.41, 5.74) is 0.608. The number of amides is 2. The van der Waals surface area contributed by atoms with Crippen molar-refractivity contribution in [3.05, 3.63) is 28.2 Å². The van der Waals surface area contributed by atoms with Crippen LogP contribution in [-0.4, -0.2) is 35.0 Å². The van der Waals surface area contributed by atoms with Gasteiger partial charge in [0.15, 0.2) is 0 Å². The molecule has 0 spiro atoms. The first-order chi connectivity index (χ1) is 9.99. The summed E-state index contributed by atoms with van der Waals surface area (Å²) in [5.74, 6) is 0. The van der Waals surface area contributed by atoms with E-state index in [0.29, 0.717) is 41.7 Å². The summed E-state index contributed by atoms with van der Waals surface area (Å²) < 4.78 is -0.361. The number of nitrogens with zero attached hydrogens (tertiary/aromatic N) is 2. The van der Waals surface area contributed by atoms with Crippen molar-refractivity contribution in [2.24, 2.45) is 0 Å². The lowest BCUT2D eigenvalue weighted by Gasteiger charge is -2.36. The Labute approximate surface area is 138 Å². The van der Waals surface area contributed by atoms with E-state index in [1.165, 1.54) is 0 Å². The van der Waals surface area contributed by atoms with Crippen molar-refractivity contribution in [2.45, 2.75) is 17.6 Å². The Balaban J connectivity index is 1.96. The molecule has 0 unspecified atom stereocenters. The van der Waals surface area contributed by atoms with Gasteiger partial charge >= 0.3 is 6.03 Å². The second-order valence-corrected chi connectivity index (χ2v) is 6.86. The van der Waals surface area contributed by atoms with Crippen molar-refractivity contribution in [1.29, 1.82) is 5.26 Å². The minimum atomic E-state index is -0.361. The van der Waals surface area contributed by atoms with Gasteiger partial charge in [-0.2, -0.15) is 5.26 Å². The lowest BCUT2D eigenvalue weighted by molar-refractivity contribution is 0.196. The van der Waals surface area contributed by atoms with Gasteiger partial charge in [0.05, 0.1) is 16.1 Å². The van der Waals surface area contributed by atoms with Crippen LogP contribution in [0.4, 0.5) is 10.5 Å². The topological polar surface area (TPSA) is 56.1 Å². The summed E-state index contributed by atoms with van der Waals surface area (Å²) in [4.78, 5) is 13.9. The number of carbonyl (C=O) groups excluding carboxylic acids is 1. The highest BCUT2D eigenvalue weighted by molar-refractivity contribution is 8.00. The number of benzene rings is 1. The first-order valence-electron chi connectivity index (χ1n) is 6.47. The van der Waals surface area contributed by atoms with Crippen molar-refractivity contribution in [3.63, 3.8) is 0 Å². The van der Waals surface area contributed by atoms with Gasteiger partial charge in [-0.3, -0.25) is 0 Å². The second-order valence-electron chi connectivity index (χ2n) is 4.86. The fourth-order valence-corrected chi connectivity index (χ4v) is 3.19. The van der Waals surface area contributed by atoms with Crippen molar-refractivity contribution >= 4 is 46.7 Å². The van der Waals surface area contributed by atoms with Crippen molar-refractivity contribution < 1.29 is 4.79 Å². The summed E-state index contributed by atoms with van der Waals surface area (Å²) in [7, 11) is 0. The maximum absolute atomic E-state index is 12.2. The molecular formula is C14H15Cl2N3OS. The Morgan fingerprint density at radius 3 is 2.57 bits per heavy atom. The number of carbonyl (C=O) groups is 1. The van der Waals surface area contributed by atoms with Gasteiger partial charge in [-0.1, -0.05) is 23.2 Å². The minimum absolute atomic E-state index is 0.180. The number of nitrogens with one attached hydrogen (secondary N) is 1. The largest absolute Gasteiger partial charge is 0.324 e. The molecule has 1 heterocycles. The molecule has 112 valence electrons. The average molecular weight is 344 g/mol. The zero-order chi connectivity index (χ0) is 15.5. The monoisotopic (exact) mass is 343 g/mol. The predicted molar refractivity (Wildman–Crippen MR) is 88.1 cm³/mol. The summed E-state index contributed by atoms with van der Waals surface area (Å²) in [5, 5.41) is 12.9. The molecule has 0 radical (unpaired) electrons. The molecule has 0 atom stereocenters. The van der Waals surface area contributed by atoms with Crippen LogP contribution in [0.5, 0.6) is 0 Å². The number of rotatable bonds is 2. The molecule has 1 aromatic carbocycles. The number of piperidine rings is 1. The fourth-order valence-electron chi connectivity index (χ4n) is 2.21. The van der Waals surface area contributed by atoms with Crippen LogP contribution in [-0.2, 0) is 0 Å². The predicted octanol–water partition coefficient (Wildman–Crippen LogP) is 4.25. The molecule has 2 amide bonds. The molecule has 0 aliphatic carbocycles. The number of halogens is 2. The van der Waals surface area contributed by atoms with Crippen LogP contribution < -0.4 is 5.32 Å². The molecule has 0 saturated carbocycles. The Kier molecular flexibility index (Phi) is 5.26. The van der Waals surface area contributed by atoms with Crippen LogP contribution in [0.15, 0.2) is 18.2 Å². The Hall–Kier alpha value is -1.09. The van der Waals surface area contributed by atoms with Gasteiger partial charge in [-0.05, 0) is 37.3 Å². The summed E-state index contributed by atoms with van der Waals surface area (Å²) in [6, 6.07) is 7.15. The lowest BCUT2D eigenvalue weighted by Crippen LogP contribution is -2.46. The van der Waals surface area contributed by atoms with Gasteiger partial charge in [0, 0.05) is 18.8 Å². The van der Waals surface area contributed by atoms with E-state index in [2.05, 4.69) is 11.4 Å². The van der Waals surface area contributed by atoms with Crippen LogP contribution in [0.25, 0.3) is 0 Å². The average Bonchev–Trinajstić information content (AvgIpc) is 2.51. The van der Waals surface area contributed by atoms with Gasteiger partial charge in [0.25, 0.3) is 0 Å². The first-order valence-corrected chi connectivity index (χ1v) is 8.45. The Morgan fingerprint density at radius 2 is 2.05 bits per heavy atom. The van der Waals surface area contributed by atoms with Crippen LogP contribution in [0.2, 0.25) is 10.0 Å². The van der Waals surface area contributed by atoms with E-state index in [0.717, 1.165) is 0 Å². The van der Waals surface area contributed by atoms with Crippen LogP contribution in [0.1, 0.15) is 12.8 Å². The molecule has 1 aromatic rings. The Bertz CT molecular complexity index is 580. The third-order valence-electron chi connectivity index (χ3n) is 3.62. The number of urea groups is 1. The standard InChI is InChI=1S/C14H15Cl2N3OS/c1-21-14(9-17)4-6-19(7-5-14)13(20)18-10-2-3-11(15)12(16)8-10/h2-3,8H,4-7H2,1H3,(H,18,20). The lowest BCUT2D eigenvalue weighted by atomic mass is 9.97. The number of nitriles is 1. The quantitative estimate of drug-likeness (QED) is 0.873. The van der Waals surface area contributed by atoms with E-state index >= 15 is 0 Å². The van der Waals surface area contributed by atoms with Gasteiger partial charge in [0.2, 0.25) is 0 Å². The number of likely N-dealkylation sites (tertiary alicyclic amines) is 1. The second kappa shape index (κ2) is 6.78. The van der Waals surface area contributed by atoms with E-state index in [1.807, 2.05) is 6.26 Å². The highest BCUT2D eigenvalue weighted by atomic mass is 35.5. The smallest absolute Gasteiger partial charge is 0.321 e. The molecule has 1 N–H and O–H groups in total. The van der Waals surface area contributed by atoms with Crippen molar-refractivity contribution in [1.82, 2.24) is 4.90 Å². The number of anilines is 1. The summed E-state index contributed by atoms with van der Waals surface area (Å²) >= 11 is 13.3. The van der Waals surface area contributed by atoms with Crippen LogP contribution in [0, 0.1) is 11.3 Å². The van der Waals surface area contributed by atoms with E-state index < -0.39 is 0 Å². The molecule has 1 fully saturated rings. The highest BCUT2D eigenvalue weighted by Crippen LogP contribution is 2.34. The van der Waals surface area contributed by atoms with E-state index in [4.69, 9.17) is 23.2 Å². The maximum Gasteiger partial charge on any atom is 0.321 e. The van der Waals surface area contributed by atoms with Crippen molar-refractivity contribution in [3.8, 4) is 6.07 Å². The molecule has 21 heavy (non-hydrogen) atoms. The minimum Gasteiger partial charge on any atom is -0.324 e. The molecule has 2 rings (SSSR count). The van der Waals surface area contributed by atoms with E-state index in [-0.39, 0.29) is 10.8 Å². The molecule has 1 aliphatic heterocycles. The van der Waals surface area contributed by atoms with Gasteiger partial charge < -0.3 is 10.2 Å². The molecule has 0 bridgehead atoms. The van der Waals surface area contributed by atoms with E-state index in [1.54, 1.807) is 34.9 Å². The zero-order valence-electron chi connectivity index (χ0n) is 11.5. The fraction of sp³-hybridized carbons (Fsp3) is 0.429. The molecule has 4 nitrogen and oxygen atoms in total. The third-order valence-corrected chi connectivity index (χ3v) is 5.64. The SMILES string of the molecule is CSC1(C#N)CCN(C(=O)Nc2ccc(Cl)c(Cl)c2)CC1. The number of hydrogen-bond donors (Lipinski definition) is 1. The molecule has 7 heteroatoms. The Morgan fingerprint density at radius 1 is 1.38 bits per heavy atom. The van der Waals surface area contributed by atoms with Gasteiger partial charge in [0.1, 0.15) is 4.75 Å². The first kappa shape index (κ1) is 16.3. The number of hydrogen-bond acceptors (Lipinski definition) is 3. The third kappa shape index (κ3) is 3.76. The number of thioether (sulfide) groups is 1. The molecule has 1 aliphatic rings. The molecule has 0 aromatic heterocycles. The van der Waals surface area contributed by atoms with Crippen LogP contribution >= 0.6 is 35.0 Å². The summed E-state index contributed by atoms with van der Waals surface area (Å²) in [6.45, 7) is 1.14. The van der Waals surface area contributed by atoms with Crippen molar-refractivity contribution in [2.75, 3.05) is 24.7 Å². The van der Waals surface area contributed by atoms with Crippen LogP contribution in [0.3, 0.4) is 0 Å². The molecule has 1 saturated heterocycles. The normalized spacial score (nSPS) is 17.1. The zero-order valence-corrected chi connectivity index (χ0v) is 13.9. The summed E-state index contributed by atoms with van der Waals surface area (Å²) in [6.07, 6.45) is 3.30.